The van der Waals surface area contributed by atoms with Crippen molar-refractivity contribution in [2.75, 3.05) is 13.0 Å². The smallest absolute Gasteiger partial charge is 0.340 e. The van der Waals surface area contributed by atoms with E-state index in [9.17, 15) is 4.79 Å². The van der Waals surface area contributed by atoms with Gasteiger partial charge in [-0.3, -0.25) is 0 Å². The first-order valence-electron chi connectivity index (χ1n) is 10.8. The average Bonchev–Trinajstić information content (AvgIpc) is 3.04. The zero-order valence-electron chi connectivity index (χ0n) is 18.3. The van der Waals surface area contributed by atoms with Gasteiger partial charge in [-0.2, -0.15) is 0 Å². The molecule has 4 heteroatoms. The molecule has 29 heavy (non-hydrogen) atoms. The monoisotopic (exact) mass is 415 g/mol. The van der Waals surface area contributed by atoms with Crippen molar-refractivity contribution in [3.63, 3.8) is 0 Å². The number of esters is 1. The Morgan fingerprint density at radius 2 is 1.90 bits per heavy atom. The number of carbonyl (C=O) groups excluding carboxylic acids is 1. The Labute approximate surface area is 180 Å². The van der Waals surface area contributed by atoms with Crippen LogP contribution in [-0.4, -0.2) is 23.5 Å². The van der Waals surface area contributed by atoms with Crippen LogP contribution in [0.3, 0.4) is 0 Å². The number of ether oxygens (including phenoxy) is 1. The minimum Gasteiger partial charge on any atom is -0.465 e. The summed E-state index contributed by atoms with van der Waals surface area (Å²) in [6, 6.07) is 10.3. The van der Waals surface area contributed by atoms with E-state index in [-0.39, 0.29) is 11.4 Å². The number of fused-ring (bicyclic) bond motifs is 1. The van der Waals surface area contributed by atoms with E-state index in [1.54, 1.807) is 0 Å². The third-order valence-corrected chi connectivity index (χ3v) is 6.61. The topological polar surface area (TPSA) is 31.2 Å². The summed E-state index contributed by atoms with van der Waals surface area (Å²) in [6.07, 6.45) is 6.32. The molecule has 1 aromatic heterocycles. The molecule has 0 aliphatic heterocycles. The second kappa shape index (κ2) is 9.38. The maximum atomic E-state index is 13.0. The molecule has 1 aliphatic carbocycles. The largest absolute Gasteiger partial charge is 0.465 e. The number of methoxy groups -OCH3 is 1. The Morgan fingerprint density at radius 3 is 2.52 bits per heavy atom. The summed E-state index contributed by atoms with van der Waals surface area (Å²) < 4.78 is 7.68. The van der Waals surface area contributed by atoms with E-state index in [4.69, 9.17) is 16.3 Å². The van der Waals surface area contributed by atoms with Gasteiger partial charge in [0.25, 0.3) is 0 Å². The van der Waals surface area contributed by atoms with Crippen LogP contribution in [0, 0.1) is 11.3 Å². The lowest BCUT2D eigenvalue weighted by molar-refractivity contribution is 0.0599. The highest BCUT2D eigenvalue weighted by Gasteiger charge is 2.36. The van der Waals surface area contributed by atoms with Gasteiger partial charge in [-0.1, -0.05) is 57.5 Å². The molecule has 0 bridgehead atoms. The van der Waals surface area contributed by atoms with Crippen LogP contribution in [0.15, 0.2) is 30.3 Å². The second-order valence-electron chi connectivity index (χ2n) is 9.21. The number of hydrogen-bond acceptors (Lipinski definition) is 2. The van der Waals surface area contributed by atoms with Crippen molar-refractivity contribution in [2.24, 2.45) is 11.3 Å². The number of carbonyl (C=O) groups is 1. The Hall–Kier alpha value is -1.74. The van der Waals surface area contributed by atoms with Gasteiger partial charge in [0.05, 0.1) is 18.4 Å². The van der Waals surface area contributed by atoms with Crippen molar-refractivity contribution < 1.29 is 9.53 Å². The minimum absolute atomic E-state index is 0.214. The molecule has 3 rings (SSSR count). The number of hydrogen-bond donors (Lipinski definition) is 0. The molecule has 0 amide bonds. The molecule has 1 aliphatic rings. The van der Waals surface area contributed by atoms with Crippen molar-refractivity contribution in [2.45, 2.75) is 65.8 Å². The Morgan fingerprint density at radius 1 is 1.17 bits per heavy atom. The molecule has 1 heterocycles. The summed E-state index contributed by atoms with van der Waals surface area (Å²) in [4.78, 5) is 13.0. The minimum atomic E-state index is -0.214. The van der Waals surface area contributed by atoms with Gasteiger partial charge in [0.15, 0.2) is 0 Å². The van der Waals surface area contributed by atoms with Crippen LogP contribution >= 0.6 is 11.6 Å². The molecule has 0 radical (unpaired) electrons. The van der Waals surface area contributed by atoms with Crippen molar-refractivity contribution >= 4 is 17.6 Å². The molecule has 1 atom stereocenters. The van der Waals surface area contributed by atoms with Crippen LogP contribution in [0.5, 0.6) is 0 Å². The van der Waals surface area contributed by atoms with Gasteiger partial charge in [-0.25, -0.2) is 4.79 Å². The number of rotatable bonds is 7. The van der Waals surface area contributed by atoms with Crippen LogP contribution < -0.4 is 0 Å². The first-order valence-corrected chi connectivity index (χ1v) is 11.4. The highest BCUT2D eigenvalue weighted by atomic mass is 35.5. The molecule has 1 aromatic carbocycles. The summed E-state index contributed by atoms with van der Waals surface area (Å²) in [7, 11) is 1.49. The van der Waals surface area contributed by atoms with Gasteiger partial charge in [0.1, 0.15) is 0 Å². The number of aromatic nitrogens is 1. The lowest BCUT2D eigenvalue weighted by Crippen LogP contribution is -2.28. The summed E-state index contributed by atoms with van der Waals surface area (Å²) in [5, 5.41) is 0. The highest BCUT2D eigenvalue weighted by Crippen LogP contribution is 2.43. The Bertz CT molecular complexity index is 833. The standard InChI is InChI=1S/C25H34ClNO2/c1-25(2,3)19-13-14-21-20(17-19)22(24(28)29-4)23(18-11-7-5-8-12-18)27(21)16-10-6-9-15-26/h5,7-8,11-12,19H,6,9-10,13-17H2,1-4H3. The van der Waals surface area contributed by atoms with Crippen molar-refractivity contribution in [1.82, 2.24) is 4.57 Å². The fraction of sp³-hybridized carbons (Fsp3) is 0.560. The molecule has 0 spiro atoms. The molecular weight excluding hydrogens is 382 g/mol. The van der Waals surface area contributed by atoms with Gasteiger partial charge in [0.2, 0.25) is 0 Å². The summed E-state index contributed by atoms with van der Waals surface area (Å²) in [5.41, 5.74) is 5.66. The fourth-order valence-corrected chi connectivity index (χ4v) is 4.82. The molecule has 3 nitrogen and oxygen atoms in total. The Balaban J connectivity index is 2.13. The van der Waals surface area contributed by atoms with E-state index >= 15 is 0 Å². The maximum absolute atomic E-state index is 13.0. The zero-order chi connectivity index (χ0) is 21.0. The number of halogens is 1. The van der Waals surface area contributed by atoms with Crippen molar-refractivity contribution in [3.05, 3.63) is 47.2 Å². The quantitative estimate of drug-likeness (QED) is 0.293. The van der Waals surface area contributed by atoms with E-state index in [2.05, 4.69) is 37.5 Å². The van der Waals surface area contributed by atoms with Crippen LogP contribution in [0.2, 0.25) is 0 Å². The molecule has 0 saturated carbocycles. The maximum Gasteiger partial charge on any atom is 0.340 e. The van der Waals surface area contributed by atoms with Gasteiger partial charge in [-0.15, -0.1) is 11.6 Å². The van der Waals surface area contributed by atoms with E-state index in [0.717, 1.165) is 61.9 Å². The molecular formula is C25H34ClNO2. The van der Waals surface area contributed by atoms with E-state index in [1.807, 2.05) is 18.2 Å². The molecule has 158 valence electrons. The van der Waals surface area contributed by atoms with Gasteiger partial charge < -0.3 is 9.30 Å². The van der Waals surface area contributed by atoms with E-state index in [1.165, 1.54) is 18.4 Å². The molecule has 2 aromatic rings. The van der Waals surface area contributed by atoms with Gasteiger partial charge >= 0.3 is 5.97 Å². The molecule has 1 unspecified atom stereocenters. The number of unbranched alkanes of at least 4 members (excludes halogenated alkanes) is 2. The SMILES string of the molecule is COC(=O)c1c2c(n(CCCCCCl)c1-c1ccccc1)CCC(C(C)(C)C)C2. The third-order valence-electron chi connectivity index (χ3n) is 6.34. The zero-order valence-corrected chi connectivity index (χ0v) is 19.0. The predicted molar refractivity (Wildman–Crippen MR) is 121 cm³/mol. The van der Waals surface area contributed by atoms with Crippen LogP contribution in [-0.2, 0) is 24.1 Å². The predicted octanol–water partition coefficient (Wildman–Crippen LogP) is 6.50. The number of benzene rings is 1. The number of alkyl halides is 1. The van der Waals surface area contributed by atoms with Crippen molar-refractivity contribution in [3.8, 4) is 11.3 Å². The van der Waals surface area contributed by atoms with Crippen LogP contribution in [0.1, 0.15) is 68.1 Å². The summed E-state index contributed by atoms with van der Waals surface area (Å²) in [6.45, 7) is 7.84. The van der Waals surface area contributed by atoms with Crippen molar-refractivity contribution in [1.29, 1.82) is 0 Å². The fourth-order valence-electron chi connectivity index (χ4n) is 4.63. The summed E-state index contributed by atoms with van der Waals surface area (Å²) in [5.74, 6) is 1.05. The number of nitrogens with zero attached hydrogens (tertiary/aromatic N) is 1. The third kappa shape index (κ3) is 4.71. The average molecular weight is 416 g/mol. The first kappa shape index (κ1) is 22.0. The molecule has 0 saturated heterocycles. The van der Waals surface area contributed by atoms with E-state index in [0.29, 0.717) is 11.8 Å². The first-order chi connectivity index (χ1) is 13.9. The normalized spacial score (nSPS) is 16.5. The lowest BCUT2D eigenvalue weighted by atomic mass is 9.71. The van der Waals surface area contributed by atoms with Crippen LogP contribution in [0.25, 0.3) is 11.3 Å². The molecule has 0 N–H and O–H groups in total. The summed E-state index contributed by atoms with van der Waals surface area (Å²) >= 11 is 5.88. The Kier molecular flexibility index (Phi) is 7.10. The van der Waals surface area contributed by atoms with Gasteiger partial charge in [0, 0.05) is 18.1 Å². The van der Waals surface area contributed by atoms with Crippen LogP contribution in [0.4, 0.5) is 0 Å². The lowest BCUT2D eigenvalue weighted by Gasteiger charge is -2.34. The van der Waals surface area contributed by atoms with Gasteiger partial charge in [-0.05, 0) is 54.6 Å². The molecule has 0 fully saturated rings. The second-order valence-corrected chi connectivity index (χ2v) is 9.59. The van der Waals surface area contributed by atoms with E-state index < -0.39 is 0 Å². The highest BCUT2D eigenvalue weighted by molar-refractivity contribution is 6.17.